The van der Waals surface area contributed by atoms with E-state index < -0.39 is 0 Å². The van der Waals surface area contributed by atoms with Crippen molar-refractivity contribution in [3.8, 4) is 11.1 Å². The third kappa shape index (κ3) is 1.82. The van der Waals surface area contributed by atoms with Gasteiger partial charge < -0.3 is 0 Å². The molecule has 2 heterocycles. The molecule has 0 N–H and O–H groups in total. The number of benzene rings is 2. The van der Waals surface area contributed by atoms with Crippen LogP contribution < -0.4 is 19.2 Å². The summed E-state index contributed by atoms with van der Waals surface area (Å²) in [5.74, 6) is 0. The van der Waals surface area contributed by atoms with Gasteiger partial charge in [0.15, 0.2) is 0 Å². The van der Waals surface area contributed by atoms with Crippen LogP contribution in [0.15, 0.2) is 60.7 Å². The van der Waals surface area contributed by atoms with Crippen molar-refractivity contribution in [2.45, 2.75) is 0 Å². The van der Waals surface area contributed by atoms with Crippen molar-refractivity contribution < 1.29 is 8.49 Å². The van der Waals surface area contributed by atoms with E-state index in [2.05, 4.69) is 108 Å². The highest BCUT2D eigenvalue weighted by atomic mass is 14.8. The Labute approximate surface area is 162 Å². The van der Waals surface area contributed by atoms with Crippen LogP contribution in [0, 0.1) is 26.3 Å². The van der Waals surface area contributed by atoms with Crippen LogP contribution in [0.5, 0.6) is 0 Å². The fraction of sp³-hybridized carbons (Fsp3) is 0. The van der Waals surface area contributed by atoms with E-state index in [0.717, 1.165) is 21.7 Å². The van der Waals surface area contributed by atoms with E-state index in [1.165, 1.54) is 33.0 Å². The number of hydrogen-bond acceptors (Lipinski definition) is 0. The molecule has 2 aromatic carbocycles. The molecule has 0 fully saturated rings. The Balaban J connectivity index is 1.79. The van der Waals surface area contributed by atoms with Gasteiger partial charge in [0.1, 0.15) is 0 Å². The summed E-state index contributed by atoms with van der Waals surface area (Å²) in [7, 11) is 0. The molecule has 0 saturated carbocycles. The molecular weight excluding hydrogens is 340 g/mol. The number of fused-ring (bicyclic) bond motifs is 6. The molecule has 28 heavy (non-hydrogen) atoms. The maximum atomic E-state index is 4.36. The number of aromatic nitrogens is 2. The lowest BCUT2D eigenvalue weighted by molar-refractivity contribution is -0.481. The van der Waals surface area contributed by atoms with Crippen LogP contribution in [0.25, 0.3) is 45.1 Å². The van der Waals surface area contributed by atoms with Crippen LogP contribution in [0.2, 0.25) is 0 Å². The molecule has 0 unspecified atom stereocenters. The molecule has 2 aliphatic carbocycles. The molecule has 6 rings (SSSR count). The van der Waals surface area contributed by atoms with Gasteiger partial charge in [-0.2, -0.15) is 25.0 Å². The van der Waals surface area contributed by atoms with Gasteiger partial charge in [-0.3, -0.25) is 8.49 Å². The fourth-order valence-corrected chi connectivity index (χ4v) is 4.65. The first-order valence-electron chi connectivity index (χ1n) is 9.42. The lowest BCUT2D eigenvalue weighted by Crippen LogP contribution is -2.34. The van der Waals surface area contributed by atoms with E-state index in [4.69, 9.17) is 0 Å². The summed E-state index contributed by atoms with van der Waals surface area (Å²) in [4.78, 5) is 0. The fourth-order valence-electron chi connectivity index (χ4n) is 4.65. The lowest BCUT2D eigenvalue weighted by Gasteiger charge is -2.13. The third-order valence-electron chi connectivity index (χ3n) is 5.87. The van der Waals surface area contributed by atoms with Crippen molar-refractivity contribution in [3.63, 3.8) is 0 Å². The summed E-state index contributed by atoms with van der Waals surface area (Å²) in [6.45, 7) is 8.73. The summed E-state index contributed by atoms with van der Waals surface area (Å²) < 4.78 is 4.13. The molecule has 0 spiro atoms. The molecular formula is C26H18N2-2. The Morgan fingerprint density at radius 2 is 1.14 bits per heavy atom. The van der Waals surface area contributed by atoms with Crippen molar-refractivity contribution >= 4 is 34.0 Å². The second kappa shape index (κ2) is 5.37. The van der Waals surface area contributed by atoms with E-state index in [9.17, 15) is 0 Å². The Morgan fingerprint density at radius 3 is 1.61 bits per heavy atom. The van der Waals surface area contributed by atoms with Crippen molar-refractivity contribution in [2.24, 2.45) is 0 Å². The van der Waals surface area contributed by atoms with Crippen LogP contribution in [0.1, 0.15) is 11.1 Å². The number of para-hydroxylation sites is 2. The van der Waals surface area contributed by atoms with Crippen LogP contribution in [0.3, 0.4) is 0 Å². The van der Waals surface area contributed by atoms with E-state index in [1.807, 2.05) is 0 Å². The molecule has 0 amide bonds. The van der Waals surface area contributed by atoms with Crippen LogP contribution in [0.4, 0.5) is 0 Å². The predicted octanol–water partition coefficient (Wildman–Crippen LogP) is 2.76. The summed E-state index contributed by atoms with van der Waals surface area (Å²) in [6.07, 6.45) is 16.9. The zero-order valence-corrected chi connectivity index (χ0v) is 15.4. The minimum Gasteiger partial charge on any atom is -0.272 e. The summed E-state index contributed by atoms with van der Waals surface area (Å²) in [5.41, 5.74) is 7.14. The second-order valence-electron chi connectivity index (χ2n) is 7.29. The molecule has 2 aromatic heterocycles. The maximum absolute atomic E-state index is 4.36. The Morgan fingerprint density at radius 1 is 0.679 bits per heavy atom. The number of nitrogens with zero attached hydrogens (tertiary/aromatic N) is 2. The normalized spacial score (nSPS) is 14.1. The summed E-state index contributed by atoms with van der Waals surface area (Å²) in [6, 6.07) is 13.0. The van der Waals surface area contributed by atoms with Gasteiger partial charge in [0.2, 0.25) is 0 Å². The maximum Gasteiger partial charge on any atom is 0.0949 e. The van der Waals surface area contributed by atoms with Gasteiger partial charge >= 0.3 is 0 Å². The van der Waals surface area contributed by atoms with Crippen molar-refractivity contribution in [1.29, 1.82) is 0 Å². The van der Waals surface area contributed by atoms with Crippen molar-refractivity contribution in [2.75, 3.05) is 0 Å². The smallest absolute Gasteiger partial charge is 0.0949 e. The minimum absolute atomic E-state index is 1.15. The van der Waals surface area contributed by atoms with Crippen LogP contribution >= 0.6 is 0 Å². The Hall–Kier alpha value is -3.78. The molecule has 4 aromatic rings. The molecule has 0 aliphatic heterocycles. The van der Waals surface area contributed by atoms with E-state index in [1.54, 1.807) is 0 Å². The largest absolute Gasteiger partial charge is 0.272 e. The average Bonchev–Trinajstić information content (AvgIpc) is 3.21. The van der Waals surface area contributed by atoms with Crippen LogP contribution in [-0.2, 0) is 0 Å². The third-order valence-corrected chi connectivity index (χ3v) is 5.87. The van der Waals surface area contributed by atoms with Crippen molar-refractivity contribution in [3.05, 3.63) is 109 Å². The predicted molar refractivity (Wildman–Crippen MR) is 113 cm³/mol. The SMILES string of the molecule is C=[n+]1c2c(c3cccc(-c4cccc5c6c([n+](=C)[c-]45)=CC=C[CH-]6)[c-]31)[CH-]C=CC=2. The quantitative estimate of drug-likeness (QED) is 0.366. The molecule has 2 aliphatic rings. The molecule has 0 atom stereocenters. The number of rotatable bonds is 1. The summed E-state index contributed by atoms with van der Waals surface area (Å²) in [5, 5.41) is 4.75. The molecule has 2 heteroatoms. The molecule has 2 nitrogen and oxygen atoms in total. The zero-order chi connectivity index (χ0) is 18.8. The van der Waals surface area contributed by atoms with Gasteiger partial charge in [0, 0.05) is 0 Å². The van der Waals surface area contributed by atoms with Gasteiger partial charge in [-0.05, 0) is 0 Å². The van der Waals surface area contributed by atoms with Gasteiger partial charge in [-0.1, -0.05) is 34.1 Å². The first kappa shape index (κ1) is 15.3. The molecule has 0 bridgehead atoms. The Bertz CT molecular complexity index is 1460. The highest BCUT2D eigenvalue weighted by Crippen LogP contribution is 2.33. The molecule has 134 valence electrons. The monoisotopic (exact) mass is 358 g/mol. The number of allylic oxidation sites excluding steroid dienone is 4. The number of hydrogen-bond donors (Lipinski definition) is 0. The second-order valence-corrected chi connectivity index (χ2v) is 7.29. The standard InChI is InChI=1S/C26H18N2/c1-27-23-15-5-3-9-17(23)19-11-7-13-21(25(19)27)22-14-8-12-20-18-10-4-6-16-24(18)28(2)26(20)22/h3-16H,1-2H2/q-2. The average molecular weight is 358 g/mol. The van der Waals surface area contributed by atoms with Gasteiger partial charge in [-0.15, -0.1) is 59.7 Å². The van der Waals surface area contributed by atoms with E-state index >= 15 is 0 Å². The summed E-state index contributed by atoms with van der Waals surface area (Å²) >= 11 is 0. The highest BCUT2D eigenvalue weighted by Gasteiger charge is 2.13. The molecule has 0 saturated heterocycles. The first-order chi connectivity index (χ1) is 13.8. The molecule has 0 radical (unpaired) electrons. The van der Waals surface area contributed by atoms with E-state index in [-0.39, 0.29) is 0 Å². The van der Waals surface area contributed by atoms with Crippen LogP contribution in [-0.4, -0.2) is 0 Å². The lowest BCUT2D eigenvalue weighted by atomic mass is 9.97. The Kier molecular flexibility index (Phi) is 2.93. The zero-order valence-electron chi connectivity index (χ0n) is 15.4. The first-order valence-corrected chi connectivity index (χ1v) is 9.42. The van der Waals surface area contributed by atoms with Gasteiger partial charge in [0.05, 0.1) is 35.2 Å². The van der Waals surface area contributed by atoms with Crippen molar-refractivity contribution in [1.82, 2.24) is 0 Å². The van der Waals surface area contributed by atoms with Gasteiger partial charge in [0.25, 0.3) is 0 Å². The highest BCUT2D eigenvalue weighted by molar-refractivity contribution is 6.02. The van der Waals surface area contributed by atoms with E-state index in [0.29, 0.717) is 0 Å². The minimum atomic E-state index is 1.15. The topological polar surface area (TPSA) is 11.8 Å². The van der Waals surface area contributed by atoms with Gasteiger partial charge in [-0.25, -0.2) is 0 Å².